The number of fused-ring (bicyclic) bond motifs is 2. The topological polar surface area (TPSA) is 98.5 Å². The minimum absolute atomic E-state index is 0.0760. The summed E-state index contributed by atoms with van der Waals surface area (Å²) in [4.78, 5) is 35.3. The minimum atomic E-state index is -0.282. The largest absolute Gasteiger partial charge is 0.312 e. The number of nitrogens with zero attached hydrogens (tertiary/aromatic N) is 5. The molecule has 1 fully saturated rings. The first kappa shape index (κ1) is 19.0. The van der Waals surface area contributed by atoms with Crippen molar-refractivity contribution in [3.05, 3.63) is 51.3 Å². The summed E-state index contributed by atoms with van der Waals surface area (Å²) in [6.07, 6.45) is 12.1. The highest BCUT2D eigenvalue weighted by Crippen LogP contribution is 2.26. The standard InChI is InChI=1S/C21H22N6O2S/c1-30-21-23-20(24-25-21)27-11-9-17-15(19(27)29)12-14-16(22-17)8-10-26(18(14)28)13-6-4-2-3-5-7-13/h8-13H,2-7H2,1H3,(H,23,24,25). The summed E-state index contributed by atoms with van der Waals surface area (Å²) in [5, 5.41) is 8.27. The van der Waals surface area contributed by atoms with Crippen LogP contribution in [-0.4, -0.2) is 35.6 Å². The number of nitrogens with one attached hydrogen (secondary N) is 1. The molecule has 8 nitrogen and oxygen atoms in total. The molecule has 1 aliphatic rings. The van der Waals surface area contributed by atoms with Crippen LogP contribution < -0.4 is 11.1 Å². The predicted octanol–water partition coefficient (Wildman–Crippen LogP) is 3.44. The van der Waals surface area contributed by atoms with E-state index in [0.29, 0.717) is 32.9 Å². The monoisotopic (exact) mass is 422 g/mol. The van der Waals surface area contributed by atoms with Gasteiger partial charge in [0.25, 0.3) is 11.1 Å². The van der Waals surface area contributed by atoms with E-state index in [0.717, 1.165) is 25.7 Å². The molecule has 0 aromatic carbocycles. The summed E-state index contributed by atoms with van der Waals surface area (Å²) in [6.45, 7) is 0. The number of pyridine rings is 3. The van der Waals surface area contributed by atoms with E-state index in [-0.39, 0.29) is 17.2 Å². The first-order valence-electron chi connectivity index (χ1n) is 10.2. The summed E-state index contributed by atoms with van der Waals surface area (Å²) in [5.41, 5.74) is 0.807. The van der Waals surface area contributed by atoms with Crippen LogP contribution in [0, 0.1) is 0 Å². The number of thioether (sulfide) groups is 1. The van der Waals surface area contributed by atoms with Gasteiger partial charge in [-0.3, -0.25) is 14.2 Å². The molecular weight excluding hydrogens is 400 g/mol. The van der Waals surface area contributed by atoms with Crippen LogP contribution in [0.4, 0.5) is 0 Å². The lowest BCUT2D eigenvalue weighted by molar-refractivity contribution is 0.434. The van der Waals surface area contributed by atoms with E-state index in [1.165, 1.54) is 29.2 Å². The van der Waals surface area contributed by atoms with Crippen molar-refractivity contribution >= 4 is 33.6 Å². The van der Waals surface area contributed by atoms with E-state index in [1.54, 1.807) is 18.3 Å². The highest BCUT2D eigenvalue weighted by atomic mass is 32.2. The van der Waals surface area contributed by atoms with Gasteiger partial charge >= 0.3 is 0 Å². The third kappa shape index (κ3) is 3.23. The lowest BCUT2D eigenvalue weighted by Gasteiger charge is -2.18. The number of H-pyrrole nitrogens is 1. The molecular formula is C21H22N6O2S. The van der Waals surface area contributed by atoms with Crippen molar-refractivity contribution in [3.63, 3.8) is 0 Å². The van der Waals surface area contributed by atoms with Crippen molar-refractivity contribution in [1.82, 2.24) is 29.3 Å². The zero-order chi connectivity index (χ0) is 20.7. The van der Waals surface area contributed by atoms with Gasteiger partial charge < -0.3 is 4.57 Å². The molecule has 1 N–H and O–H groups in total. The Hall–Kier alpha value is -2.94. The lowest BCUT2D eigenvalue weighted by atomic mass is 10.1. The van der Waals surface area contributed by atoms with Crippen LogP contribution in [0.2, 0.25) is 0 Å². The van der Waals surface area contributed by atoms with Crippen LogP contribution in [-0.2, 0) is 0 Å². The van der Waals surface area contributed by atoms with Crippen molar-refractivity contribution in [2.24, 2.45) is 0 Å². The Morgan fingerprint density at radius 3 is 2.37 bits per heavy atom. The molecule has 0 radical (unpaired) electrons. The summed E-state index contributed by atoms with van der Waals surface area (Å²) in [6, 6.07) is 5.53. The smallest absolute Gasteiger partial charge is 0.266 e. The molecule has 4 aromatic heterocycles. The maximum atomic E-state index is 13.3. The van der Waals surface area contributed by atoms with Crippen LogP contribution in [0.5, 0.6) is 0 Å². The summed E-state index contributed by atoms with van der Waals surface area (Å²) in [7, 11) is 0. The van der Waals surface area contributed by atoms with Crippen LogP contribution in [0.25, 0.3) is 27.8 Å². The molecule has 0 atom stereocenters. The summed E-state index contributed by atoms with van der Waals surface area (Å²) in [5.74, 6) is 0.343. The van der Waals surface area contributed by atoms with Gasteiger partial charge in [-0.05, 0) is 37.3 Å². The van der Waals surface area contributed by atoms with E-state index in [4.69, 9.17) is 0 Å². The molecule has 30 heavy (non-hydrogen) atoms. The molecule has 4 aromatic rings. The van der Waals surface area contributed by atoms with Crippen molar-refractivity contribution in [1.29, 1.82) is 0 Å². The molecule has 0 unspecified atom stereocenters. The maximum Gasteiger partial charge on any atom is 0.266 e. The van der Waals surface area contributed by atoms with Gasteiger partial charge in [-0.15, -0.1) is 5.10 Å². The van der Waals surface area contributed by atoms with Crippen molar-refractivity contribution < 1.29 is 0 Å². The number of rotatable bonds is 3. The second kappa shape index (κ2) is 7.71. The van der Waals surface area contributed by atoms with Crippen molar-refractivity contribution in [2.75, 3.05) is 6.26 Å². The SMILES string of the molecule is CSc1n[nH]c(-n2ccc3nc4ccn(C5CCCCCC5)c(=O)c4cc3c2=O)n1. The fourth-order valence-corrected chi connectivity index (χ4v) is 4.58. The Kier molecular flexibility index (Phi) is 4.90. The van der Waals surface area contributed by atoms with Gasteiger partial charge in [-0.1, -0.05) is 37.4 Å². The van der Waals surface area contributed by atoms with Gasteiger partial charge in [0.15, 0.2) is 0 Å². The Morgan fingerprint density at radius 1 is 0.967 bits per heavy atom. The molecule has 1 saturated carbocycles. The number of hydrogen-bond donors (Lipinski definition) is 1. The Labute approximate surface area is 176 Å². The molecule has 0 amide bonds. The molecule has 154 valence electrons. The molecule has 5 rings (SSSR count). The van der Waals surface area contributed by atoms with E-state index in [1.807, 2.05) is 23.1 Å². The van der Waals surface area contributed by atoms with Gasteiger partial charge in [0.05, 0.1) is 21.8 Å². The van der Waals surface area contributed by atoms with Crippen LogP contribution in [0.15, 0.2) is 45.3 Å². The Bertz CT molecular complexity index is 1350. The Balaban J connectivity index is 1.67. The van der Waals surface area contributed by atoms with Crippen molar-refractivity contribution in [3.8, 4) is 5.95 Å². The molecule has 0 aliphatic heterocycles. The van der Waals surface area contributed by atoms with Gasteiger partial charge in [-0.25, -0.2) is 10.1 Å². The first-order chi connectivity index (χ1) is 14.7. The molecule has 1 aliphatic carbocycles. The van der Waals surface area contributed by atoms with E-state index < -0.39 is 0 Å². The molecule has 0 spiro atoms. The molecule has 4 heterocycles. The van der Waals surface area contributed by atoms with Crippen LogP contribution in [0.3, 0.4) is 0 Å². The average Bonchev–Trinajstić information content (AvgIpc) is 3.08. The molecule has 9 heteroatoms. The quantitative estimate of drug-likeness (QED) is 0.309. The van der Waals surface area contributed by atoms with E-state index >= 15 is 0 Å². The average molecular weight is 423 g/mol. The Morgan fingerprint density at radius 2 is 1.67 bits per heavy atom. The highest BCUT2D eigenvalue weighted by molar-refractivity contribution is 7.98. The lowest BCUT2D eigenvalue weighted by Crippen LogP contribution is -2.25. The normalized spacial score (nSPS) is 15.6. The first-order valence-corrected chi connectivity index (χ1v) is 11.4. The van der Waals surface area contributed by atoms with Crippen LogP contribution in [0.1, 0.15) is 44.6 Å². The number of aromatic nitrogens is 6. The third-order valence-corrected chi connectivity index (χ3v) is 6.40. The summed E-state index contributed by atoms with van der Waals surface area (Å²) >= 11 is 1.39. The predicted molar refractivity (Wildman–Crippen MR) is 118 cm³/mol. The summed E-state index contributed by atoms with van der Waals surface area (Å²) < 4.78 is 3.24. The number of hydrogen-bond acceptors (Lipinski definition) is 6. The zero-order valence-corrected chi connectivity index (χ0v) is 17.5. The van der Waals surface area contributed by atoms with Gasteiger partial charge in [-0.2, -0.15) is 4.98 Å². The highest BCUT2D eigenvalue weighted by Gasteiger charge is 2.18. The third-order valence-electron chi connectivity index (χ3n) is 5.85. The van der Waals surface area contributed by atoms with Gasteiger partial charge in [0.2, 0.25) is 11.1 Å². The fraction of sp³-hybridized carbons (Fsp3) is 0.381. The maximum absolute atomic E-state index is 13.3. The second-order valence-corrected chi connectivity index (χ2v) is 8.44. The van der Waals surface area contributed by atoms with E-state index in [9.17, 15) is 9.59 Å². The fourth-order valence-electron chi connectivity index (χ4n) is 4.27. The second-order valence-electron chi connectivity index (χ2n) is 7.66. The van der Waals surface area contributed by atoms with Crippen molar-refractivity contribution in [2.45, 2.75) is 49.7 Å². The van der Waals surface area contributed by atoms with Crippen LogP contribution >= 0.6 is 11.8 Å². The van der Waals surface area contributed by atoms with Gasteiger partial charge in [0.1, 0.15) is 0 Å². The van der Waals surface area contributed by atoms with E-state index in [2.05, 4.69) is 20.2 Å². The molecule has 0 saturated heterocycles. The number of aromatic amines is 1. The minimum Gasteiger partial charge on any atom is -0.312 e. The van der Waals surface area contributed by atoms with Gasteiger partial charge in [0, 0.05) is 18.4 Å². The molecule has 0 bridgehead atoms. The zero-order valence-electron chi connectivity index (χ0n) is 16.7.